The molecule has 0 aromatic carbocycles. The molecular weight excluding hydrogens is 491 g/mol. The second-order valence-corrected chi connectivity index (χ2v) is 10.5. The van der Waals surface area contributed by atoms with E-state index in [0.29, 0.717) is 0 Å². The largest absolute Gasteiger partial charge is 0 e. The van der Waals surface area contributed by atoms with Crippen LogP contribution < -0.4 is 0 Å². The normalized spacial score (nSPS) is 9.00. The van der Waals surface area contributed by atoms with Crippen molar-refractivity contribution in [2.45, 2.75) is 0 Å². The Labute approximate surface area is 61.7 Å². The van der Waals surface area contributed by atoms with Gasteiger partial charge in [-0.25, -0.2) is 0 Å². The predicted molar refractivity (Wildman–Crippen MR) is 17.6 cm³/mol. The summed E-state index contributed by atoms with van der Waals surface area (Å²) in [5, 5.41) is 0. The minimum absolute atomic E-state index is 0. The van der Waals surface area contributed by atoms with Crippen LogP contribution in [0.25, 0.3) is 0 Å². The van der Waals surface area contributed by atoms with Gasteiger partial charge in [-0.3, -0.25) is 0 Å². The fourth-order valence-corrected chi connectivity index (χ4v) is 0. The monoisotopic (exact) mass is 491 g/mol. The summed E-state index contributed by atoms with van der Waals surface area (Å²) in [4.78, 5) is 0. The maximum absolute atomic E-state index is 4.97. The summed E-state index contributed by atoms with van der Waals surface area (Å²) >= 11 is -1.92. The Morgan fingerprint density at radius 2 is 1.00 bits per heavy atom. The van der Waals surface area contributed by atoms with Crippen molar-refractivity contribution in [1.29, 1.82) is 0 Å². The summed E-state index contributed by atoms with van der Waals surface area (Å²) in [7, 11) is 14.9. The molecule has 0 aliphatic carbocycles. The van der Waals surface area contributed by atoms with Gasteiger partial charge >= 0.3 is 42.2 Å². The summed E-state index contributed by atoms with van der Waals surface area (Å²) in [5.41, 5.74) is 0. The van der Waals surface area contributed by atoms with Gasteiger partial charge < -0.3 is 0 Å². The molecule has 0 atom stereocenters. The molecule has 0 bridgehead atoms. The van der Waals surface area contributed by atoms with Crippen molar-refractivity contribution in [3.8, 4) is 0 Å². The van der Waals surface area contributed by atoms with E-state index in [1.807, 2.05) is 0 Å². The van der Waals surface area contributed by atoms with Crippen LogP contribution in [0.15, 0.2) is 0 Å². The fourth-order valence-electron chi connectivity index (χ4n) is 0. The molecule has 0 aromatic heterocycles. The fraction of sp³-hybridized carbons (Fsp3) is 0. The van der Waals surface area contributed by atoms with E-state index in [9.17, 15) is 0 Å². The Kier molecular flexibility index (Phi) is 12.6. The van der Waals surface area contributed by atoms with Crippen LogP contribution in [0.5, 0.6) is 0 Å². The van der Waals surface area contributed by atoms with Crippen molar-refractivity contribution < 1.29 is 33.6 Å². The molecule has 0 saturated heterocycles. The molecule has 0 nitrogen and oxygen atoms in total. The average molecular weight is 491 g/mol. The summed E-state index contributed by atoms with van der Waals surface area (Å²) in [5.74, 6) is 0. The van der Waals surface area contributed by atoms with Crippen molar-refractivity contribution in [2.24, 2.45) is 0 Å². The van der Waals surface area contributed by atoms with Crippen LogP contribution in [0.3, 0.4) is 0 Å². The molecule has 0 saturated carbocycles. The second kappa shape index (κ2) is 6.17. The van der Waals surface area contributed by atoms with Gasteiger partial charge in [0, 0.05) is 20.1 Å². The van der Waals surface area contributed by atoms with E-state index in [4.69, 9.17) is 28.8 Å². The first-order valence-corrected chi connectivity index (χ1v) is 9.28. The molecule has 0 fully saturated rings. The van der Waals surface area contributed by atoms with E-state index in [-0.39, 0.29) is 20.1 Å². The van der Waals surface area contributed by atoms with E-state index >= 15 is 0 Å². The summed E-state index contributed by atoms with van der Waals surface area (Å²) in [6.45, 7) is 0. The summed E-state index contributed by atoms with van der Waals surface area (Å²) in [6, 6.07) is 0. The van der Waals surface area contributed by atoms with Crippen molar-refractivity contribution in [3.05, 3.63) is 0 Å². The minimum Gasteiger partial charge on any atom is 0 e. The molecule has 1 radical (unpaired) electrons. The van der Waals surface area contributed by atoms with Gasteiger partial charge in [0.25, 0.3) is 0 Å². The third-order valence-corrected chi connectivity index (χ3v) is 0. The van der Waals surface area contributed by atoms with Crippen molar-refractivity contribution >= 4 is 28.8 Å². The summed E-state index contributed by atoms with van der Waals surface area (Å²) < 4.78 is 0. The first kappa shape index (κ1) is 10.2. The van der Waals surface area contributed by atoms with Gasteiger partial charge in [0.15, 0.2) is 0 Å². The standard InChI is InChI=1S/3ClH.2Ir/h3*1H;;/q;;;;+3/p-3. The van der Waals surface area contributed by atoms with Crippen LogP contribution in [0.1, 0.15) is 0 Å². The van der Waals surface area contributed by atoms with E-state index in [1.165, 1.54) is 0 Å². The molecule has 39 valence electrons. The van der Waals surface area contributed by atoms with Gasteiger partial charge in [0.1, 0.15) is 0 Å². The first-order valence-electron chi connectivity index (χ1n) is 0.378. The molecule has 0 N–H and O–H groups in total. The minimum atomic E-state index is -1.92. The van der Waals surface area contributed by atoms with Gasteiger partial charge in [0.05, 0.1) is 0 Å². The maximum Gasteiger partial charge on any atom is 0 e. The number of rotatable bonds is 0. The van der Waals surface area contributed by atoms with Crippen molar-refractivity contribution in [2.75, 3.05) is 0 Å². The van der Waals surface area contributed by atoms with E-state index < -0.39 is 13.5 Å². The SMILES string of the molecule is [Cl][Ir]([Cl])[Cl].[Ir]. The molecule has 0 heterocycles. The maximum atomic E-state index is 4.97. The first-order chi connectivity index (χ1) is 1.73. The zero-order chi connectivity index (χ0) is 3.58. The number of halogens is 3. The number of hydrogen-bond acceptors (Lipinski definition) is 0. The van der Waals surface area contributed by atoms with Crippen LogP contribution in [0.4, 0.5) is 0 Å². The van der Waals surface area contributed by atoms with E-state index in [1.54, 1.807) is 0 Å². The molecule has 5 heavy (non-hydrogen) atoms. The Morgan fingerprint density at radius 3 is 1.00 bits per heavy atom. The molecule has 0 aromatic rings. The third kappa shape index (κ3) is 22.8. The molecule has 0 amide bonds. The molecule has 0 spiro atoms. The van der Waals surface area contributed by atoms with E-state index in [0.717, 1.165) is 0 Å². The van der Waals surface area contributed by atoms with Crippen LogP contribution in [0, 0.1) is 0 Å². The van der Waals surface area contributed by atoms with Crippen LogP contribution in [0.2, 0.25) is 0 Å². The molecule has 0 aliphatic rings. The van der Waals surface area contributed by atoms with Gasteiger partial charge in [0.2, 0.25) is 0 Å². The predicted octanol–water partition coefficient (Wildman–Crippen LogP) is 2.06. The Bertz CT molecular complexity index is 9.61. The van der Waals surface area contributed by atoms with Gasteiger partial charge in [-0.15, -0.1) is 0 Å². The smallest absolute Gasteiger partial charge is 0 e. The molecular formula is Cl3Ir2. The van der Waals surface area contributed by atoms with Gasteiger partial charge in [-0.2, -0.15) is 0 Å². The Morgan fingerprint density at radius 1 is 1.00 bits per heavy atom. The van der Waals surface area contributed by atoms with Crippen molar-refractivity contribution in [3.63, 3.8) is 0 Å². The third-order valence-electron chi connectivity index (χ3n) is 0. The second-order valence-electron chi connectivity index (χ2n) is 0.143. The summed E-state index contributed by atoms with van der Waals surface area (Å²) in [6.07, 6.45) is 0. The molecule has 0 unspecified atom stereocenters. The number of hydrogen-bond donors (Lipinski definition) is 0. The Balaban J connectivity index is 0. The zero-order valence-electron chi connectivity index (χ0n) is 1.80. The topological polar surface area (TPSA) is 0 Å². The van der Waals surface area contributed by atoms with Gasteiger partial charge in [-0.05, 0) is 0 Å². The Hall–Kier alpha value is 2.17. The molecule has 0 aliphatic heterocycles. The van der Waals surface area contributed by atoms with Crippen LogP contribution in [-0.2, 0) is 33.6 Å². The molecule has 0 rings (SSSR count). The van der Waals surface area contributed by atoms with Crippen molar-refractivity contribution in [1.82, 2.24) is 0 Å². The average Bonchev–Trinajstić information content (AvgIpc) is 0.811. The van der Waals surface area contributed by atoms with Crippen LogP contribution >= 0.6 is 28.8 Å². The quantitative estimate of drug-likeness (QED) is 0.488. The van der Waals surface area contributed by atoms with E-state index in [2.05, 4.69) is 0 Å². The molecule has 5 heteroatoms. The van der Waals surface area contributed by atoms with Crippen LogP contribution in [-0.4, -0.2) is 0 Å². The zero-order valence-corrected chi connectivity index (χ0v) is 8.86. The van der Waals surface area contributed by atoms with Gasteiger partial charge in [-0.1, -0.05) is 0 Å².